The summed E-state index contributed by atoms with van der Waals surface area (Å²) >= 11 is 0. The maximum absolute atomic E-state index is 6.02. The third-order valence-corrected chi connectivity index (χ3v) is 17.8. The van der Waals surface area contributed by atoms with Gasteiger partial charge in [0.15, 0.2) is 46.6 Å². The number of para-hydroxylation sites is 3. The van der Waals surface area contributed by atoms with Gasteiger partial charge in [0.2, 0.25) is 0 Å². The number of furan rings is 3. The summed E-state index contributed by atoms with van der Waals surface area (Å²) in [6.45, 7) is 0. The Morgan fingerprint density at radius 1 is 0.143 bits per heavy atom. The van der Waals surface area contributed by atoms with Crippen molar-refractivity contribution in [2.45, 2.75) is 0 Å². The van der Waals surface area contributed by atoms with Gasteiger partial charge in [-0.1, -0.05) is 267 Å². The maximum Gasteiger partial charge on any atom is 0.163 e. The quantitative estimate of drug-likeness (QED) is 0.125. The third kappa shape index (κ3) is 13.9. The molecule has 0 saturated heterocycles. The summed E-state index contributed by atoms with van der Waals surface area (Å²) in [5.41, 5.74) is 17.4. The summed E-state index contributed by atoms with van der Waals surface area (Å²) in [6, 6.07) is 109. The Morgan fingerprint density at radius 2 is 0.352 bits per heavy atom. The fourth-order valence-electron chi connectivity index (χ4n) is 12.6. The molecule has 0 aliphatic heterocycles. The summed E-state index contributed by atoms with van der Waals surface area (Å²) in [5, 5.41) is 6.57. The van der Waals surface area contributed by atoms with E-state index in [2.05, 4.69) is 140 Å². The zero-order chi connectivity index (χ0) is 70.1. The minimum absolute atomic E-state index is 0.599. The Hall–Kier alpha value is -14.7. The Kier molecular flexibility index (Phi) is 17.7. The van der Waals surface area contributed by atoms with E-state index in [9.17, 15) is 0 Å². The van der Waals surface area contributed by atoms with E-state index in [0.29, 0.717) is 46.6 Å². The first-order chi connectivity index (χ1) is 52.0. The van der Waals surface area contributed by atoms with E-state index < -0.39 is 0 Å². The van der Waals surface area contributed by atoms with E-state index in [1.165, 1.54) is 16.7 Å². The SMILES string of the molecule is c1ccc(-c2ccc(-c3ncnc(-c4ccccc4)n3)cc2)cc1.c1ccc(-c2cccc(-c3ncnc(-c4ccccc4)n3)c2)cc1.c1ccc(-c2ncnc(-c3ccc4c(c3)oc3ccccc34)n2)cc1.c1ccc2c(c1)oc1cc(-c3ncnc(-c4ccc5c(c4)oc4ccccc45)n3)ccc12. The number of benzene rings is 13. The van der Waals surface area contributed by atoms with E-state index in [-0.39, 0.29) is 0 Å². The second kappa shape index (κ2) is 29.2. The first kappa shape index (κ1) is 63.7. The van der Waals surface area contributed by atoms with E-state index in [1.54, 1.807) is 25.3 Å². The van der Waals surface area contributed by atoms with Gasteiger partial charge in [0.05, 0.1) is 0 Å². The van der Waals surface area contributed by atoms with Gasteiger partial charge < -0.3 is 13.3 Å². The molecule has 13 aromatic carbocycles. The van der Waals surface area contributed by atoms with Crippen LogP contribution in [0.25, 0.3) is 179 Å². The van der Waals surface area contributed by atoms with Crippen molar-refractivity contribution in [3.8, 4) is 113 Å². The molecule has 7 heterocycles. The van der Waals surface area contributed by atoms with Crippen molar-refractivity contribution in [3.63, 3.8) is 0 Å². The summed E-state index contributed by atoms with van der Waals surface area (Å²) in [6.07, 6.45) is 6.23. The predicted octanol–water partition coefficient (Wildman–Crippen LogP) is 21.9. The van der Waals surface area contributed by atoms with Crippen LogP contribution in [0.15, 0.2) is 366 Å². The van der Waals surface area contributed by atoms with Crippen LogP contribution in [0.5, 0.6) is 0 Å². The lowest BCUT2D eigenvalue weighted by atomic mass is 10.0. The molecule has 0 fully saturated rings. The molecule has 105 heavy (non-hydrogen) atoms. The number of nitrogens with zero attached hydrogens (tertiary/aromatic N) is 12. The molecule has 0 unspecified atom stereocenters. The fraction of sp³-hybridized carbons (Fsp3) is 0. The molecule has 0 N–H and O–H groups in total. The standard InChI is InChI=1S/C27H15N3O2.C21H13N3O.2C21H15N3/c1-3-7-22-18(5-1)20-11-9-16(13-24(20)31-22)26-28-15-29-27(30-26)17-10-12-21-19-6-2-4-8-23(19)32-25(21)14-17;1-2-6-14(7-3-1)20-22-13-23-21(24-20)15-10-11-17-16-8-4-5-9-18(16)25-19(17)12-15;1-3-8-16(9-4-1)18-12-7-13-19(14-18)21-23-15-22-20(24-21)17-10-5-2-6-11-17;1-3-7-16(8-4-1)17-11-13-19(14-12-17)21-23-15-22-20(24-21)18-9-5-2-6-10-18/h1-15H;1-13H;2*1-15H. The van der Waals surface area contributed by atoms with E-state index in [0.717, 1.165) is 116 Å². The highest BCUT2D eigenvalue weighted by atomic mass is 16.3. The van der Waals surface area contributed by atoms with Crippen molar-refractivity contribution in [1.29, 1.82) is 0 Å². The van der Waals surface area contributed by atoms with Crippen molar-refractivity contribution in [1.82, 2.24) is 59.8 Å². The summed E-state index contributed by atoms with van der Waals surface area (Å²) in [4.78, 5) is 53.2. The predicted molar refractivity (Wildman–Crippen MR) is 416 cm³/mol. The zero-order valence-electron chi connectivity index (χ0n) is 56.1. The third-order valence-electron chi connectivity index (χ3n) is 17.8. The molecule has 0 aliphatic carbocycles. The van der Waals surface area contributed by atoms with E-state index >= 15 is 0 Å². The first-order valence-corrected chi connectivity index (χ1v) is 34.0. The minimum atomic E-state index is 0.599. The van der Waals surface area contributed by atoms with Gasteiger partial charge in [-0.2, -0.15) is 0 Å². The molecule has 0 radical (unpaired) electrons. The summed E-state index contributed by atoms with van der Waals surface area (Å²) in [7, 11) is 0. The van der Waals surface area contributed by atoms with Gasteiger partial charge in [-0.25, -0.2) is 59.8 Å². The van der Waals surface area contributed by atoms with Gasteiger partial charge in [0, 0.05) is 76.8 Å². The Bertz CT molecular complexity index is 6210. The highest BCUT2D eigenvalue weighted by Crippen LogP contribution is 2.36. The number of rotatable bonds is 10. The molecule has 0 atom stereocenters. The van der Waals surface area contributed by atoms with Crippen LogP contribution in [0.3, 0.4) is 0 Å². The van der Waals surface area contributed by atoms with Crippen molar-refractivity contribution in [2.75, 3.05) is 0 Å². The van der Waals surface area contributed by atoms with Gasteiger partial charge >= 0.3 is 0 Å². The molecule has 496 valence electrons. The molecule has 15 heteroatoms. The van der Waals surface area contributed by atoms with Gasteiger partial charge in [-0.05, 0) is 82.9 Å². The molecular formula is C90H58N12O3. The first-order valence-electron chi connectivity index (χ1n) is 34.0. The normalized spacial score (nSPS) is 11.0. The van der Waals surface area contributed by atoms with Crippen molar-refractivity contribution in [2.24, 2.45) is 0 Å². The van der Waals surface area contributed by atoms with Crippen LogP contribution in [0.4, 0.5) is 0 Å². The molecule has 15 nitrogen and oxygen atoms in total. The van der Waals surface area contributed by atoms with Crippen molar-refractivity contribution >= 4 is 65.8 Å². The minimum Gasteiger partial charge on any atom is -0.456 e. The van der Waals surface area contributed by atoms with Gasteiger partial charge in [0.25, 0.3) is 0 Å². The number of fused-ring (bicyclic) bond motifs is 9. The molecule has 0 spiro atoms. The summed E-state index contributed by atoms with van der Waals surface area (Å²) in [5.74, 6) is 5.24. The zero-order valence-corrected chi connectivity index (χ0v) is 56.1. The number of hydrogen-bond donors (Lipinski definition) is 0. The molecule has 0 amide bonds. The van der Waals surface area contributed by atoms with Crippen LogP contribution in [-0.2, 0) is 0 Å². The van der Waals surface area contributed by atoms with E-state index in [4.69, 9.17) is 18.2 Å². The average Bonchev–Trinajstić information content (AvgIpc) is 1.66. The Morgan fingerprint density at radius 3 is 0.686 bits per heavy atom. The van der Waals surface area contributed by atoms with Crippen molar-refractivity contribution < 1.29 is 13.3 Å². The highest BCUT2D eigenvalue weighted by Gasteiger charge is 2.16. The van der Waals surface area contributed by atoms with Gasteiger partial charge in [-0.3, -0.25) is 0 Å². The monoisotopic (exact) mass is 1350 g/mol. The lowest BCUT2D eigenvalue weighted by Gasteiger charge is -2.06. The molecule has 0 aliphatic rings. The number of aromatic nitrogens is 12. The molecule has 7 aromatic heterocycles. The lowest BCUT2D eigenvalue weighted by molar-refractivity contribution is 0.668. The Labute approximate surface area is 601 Å². The average molecular weight is 1360 g/mol. The fourth-order valence-corrected chi connectivity index (χ4v) is 12.6. The molecule has 20 aromatic rings. The van der Waals surface area contributed by atoms with Crippen LogP contribution in [0.1, 0.15) is 0 Å². The van der Waals surface area contributed by atoms with Gasteiger partial charge in [-0.15, -0.1) is 0 Å². The van der Waals surface area contributed by atoms with Crippen LogP contribution in [0.2, 0.25) is 0 Å². The molecular weight excluding hydrogens is 1300 g/mol. The van der Waals surface area contributed by atoms with Crippen molar-refractivity contribution in [3.05, 3.63) is 353 Å². The second-order valence-corrected chi connectivity index (χ2v) is 24.4. The lowest BCUT2D eigenvalue weighted by Crippen LogP contribution is -1.95. The second-order valence-electron chi connectivity index (χ2n) is 24.4. The highest BCUT2D eigenvalue weighted by molar-refractivity contribution is 6.08. The van der Waals surface area contributed by atoms with Crippen LogP contribution in [-0.4, -0.2) is 59.8 Å². The van der Waals surface area contributed by atoms with Crippen LogP contribution >= 0.6 is 0 Å². The molecule has 20 rings (SSSR count). The maximum atomic E-state index is 6.02. The topological polar surface area (TPSA) is 194 Å². The summed E-state index contributed by atoms with van der Waals surface area (Å²) < 4.78 is 18.0. The van der Waals surface area contributed by atoms with Gasteiger partial charge in [0.1, 0.15) is 58.8 Å². The van der Waals surface area contributed by atoms with Crippen LogP contribution in [0, 0.1) is 0 Å². The molecule has 0 saturated carbocycles. The largest absolute Gasteiger partial charge is 0.456 e. The molecule has 0 bridgehead atoms. The number of hydrogen-bond acceptors (Lipinski definition) is 15. The Balaban J connectivity index is 0.000000104. The smallest absolute Gasteiger partial charge is 0.163 e. The van der Waals surface area contributed by atoms with Crippen LogP contribution < -0.4 is 0 Å². The van der Waals surface area contributed by atoms with E-state index in [1.807, 2.05) is 243 Å².